The topological polar surface area (TPSA) is 73.2 Å². The predicted molar refractivity (Wildman–Crippen MR) is 93.8 cm³/mol. The second kappa shape index (κ2) is 6.94. The number of methoxy groups -OCH3 is 1. The van der Waals surface area contributed by atoms with E-state index in [1.807, 2.05) is 45.0 Å². The molecule has 0 aliphatic rings. The number of nitrogens with one attached hydrogen (secondary N) is 1. The minimum Gasteiger partial charge on any atom is -0.496 e. The van der Waals surface area contributed by atoms with E-state index in [0.29, 0.717) is 18.7 Å². The maximum atomic E-state index is 12.7. The normalized spacial score (nSPS) is 12.4. The van der Waals surface area contributed by atoms with Crippen LogP contribution in [0.5, 0.6) is 5.75 Å². The van der Waals surface area contributed by atoms with Crippen LogP contribution in [0.2, 0.25) is 0 Å². The number of benzene rings is 1. The van der Waals surface area contributed by atoms with E-state index in [0.717, 1.165) is 11.3 Å². The van der Waals surface area contributed by atoms with Crippen molar-refractivity contribution in [3.8, 4) is 5.75 Å². The van der Waals surface area contributed by atoms with Crippen LogP contribution < -0.4 is 9.46 Å². The first kappa shape index (κ1) is 18.5. The Hall–Kier alpha value is -1.86. The zero-order chi connectivity index (χ0) is 18.0. The van der Waals surface area contributed by atoms with Gasteiger partial charge in [-0.1, -0.05) is 39.0 Å². The van der Waals surface area contributed by atoms with Gasteiger partial charge in [0.2, 0.25) is 10.0 Å². The van der Waals surface area contributed by atoms with E-state index in [1.165, 1.54) is 4.68 Å². The van der Waals surface area contributed by atoms with Crippen molar-refractivity contribution in [1.82, 2.24) is 14.5 Å². The third-order valence-electron chi connectivity index (χ3n) is 3.67. The molecule has 0 saturated carbocycles. The molecule has 0 aliphatic heterocycles. The van der Waals surface area contributed by atoms with Gasteiger partial charge < -0.3 is 4.74 Å². The van der Waals surface area contributed by atoms with Gasteiger partial charge in [-0.2, -0.15) is 5.10 Å². The first-order valence-corrected chi connectivity index (χ1v) is 9.29. The molecule has 0 saturated heterocycles. The molecule has 7 heteroatoms. The molecule has 0 unspecified atom stereocenters. The second-order valence-electron chi connectivity index (χ2n) is 6.73. The van der Waals surface area contributed by atoms with Gasteiger partial charge in [0.25, 0.3) is 0 Å². The first-order chi connectivity index (χ1) is 11.1. The molecular weight excluding hydrogens is 326 g/mol. The molecule has 24 heavy (non-hydrogen) atoms. The summed E-state index contributed by atoms with van der Waals surface area (Å²) < 4.78 is 34.8. The minimum atomic E-state index is -3.62. The molecular formula is C17H25N3O3S. The molecule has 6 nitrogen and oxygen atoms in total. The molecule has 1 aromatic heterocycles. The van der Waals surface area contributed by atoms with Gasteiger partial charge in [0.1, 0.15) is 10.6 Å². The Bertz CT molecular complexity index is 805. The first-order valence-electron chi connectivity index (χ1n) is 7.81. The van der Waals surface area contributed by atoms with Gasteiger partial charge in [-0.15, -0.1) is 0 Å². The molecule has 0 aliphatic carbocycles. The zero-order valence-electron chi connectivity index (χ0n) is 14.8. The summed E-state index contributed by atoms with van der Waals surface area (Å²) in [6.45, 7) is 6.14. The van der Waals surface area contributed by atoms with Crippen LogP contribution in [0.15, 0.2) is 35.4 Å². The fourth-order valence-corrected chi connectivity index (χ4v) is 3.91. The van der Waals surface area contributed by atoms with E-state index in [2.05, 4.69) is 9.82 Å². The maximum absolute atomic E-state index is 12.7. The van der Waals surface area contributed by atoms with Crippen molar-refractivity contribution in [3.63, 3.8) is 0 Å². The lowest BCUT2D eigenvalue weighted by atomic mass is 9.92. The molecule has 0 radical (unpaired) electrons. The molecule has 0 bridgehead atoms. The van der Waals surface area contributed by atoms with Crippen molar-refractivity contribution in [2.24, 2.45) is 7.05 Å². The highest BCUT2D eigenvalue weighted by Gasteiger charge is 2.29. The third kappa shape index (κ3) is 4.15. The van der Waals surface area contributed by atoms with Crippen LogP contribution in [-0.2, 0) is 28.9 Å². The van der Waals surface area contributed by atoms with Gasteiger partial charge in [0, 0.05) is 25.2 Å². The van der Waals surface area contributed by atoms with Crippen LogP contribution in [0.4, 0.5) is 0 Å². The number of hydrogen-bond acceptors (Lipinski definition) is 4. The number of hydrogen-bond donors (Lipinski definition) is 1. The van der Waals surface area contributed by atoms with Gasteiger partial charge in [0.05, 0.1) is 12.8 Å². The summed E-state index contributed by atoms with van der Waals surface area (Å²) in [5.41, 5.74) is 1.17. The molecule has 0 fully saturated rings. The lowest BCUT2D eigenvalue weighted by Crippen LogP contribution is -2.28. The average Bonchev–Trinajstić information content (AvgIpc) is 2.91. The van der Waals surface area contributed by atoms with Crippen LogP contribution in [0, 0.1) is 0 Å². The average molecular weight is 351 g/mol. The van der Waals surface area contributed by atoms with Crippen molar-refractivity contribution in [1.29, 1.82) is 0 Å². The Morgan fingerprint density at radius 1 is 1.25 bits per heavy atom. The maximum Gasteiger partial charge on any atom is 0.244 e. The fourth-order valence-electron chi connectivity index (χ4n) is 2.49. The highest BCUT2D eigenvalue weighted by Crippen LogP contribution is 2.27. The highest BCUT2D eigenvalue weighted by molar-refractivity contribution is 7.89. The summed E-state index contributed by atoms with van der Waals surface area (Å²) in [6, 6.07) is 7.59. The van der Waals surface area contributed by atoms with E-state index in [-0.39, 0.29) is 10.3 Å². The van der Waals surface area contributed by atoms with E-state index < -0.39 is 10.0 Å². The quantitative estimate of drug-likeness (QED) is 0.866. The Balaban J connectivity index is 2.15. The molecule has 2 aromatic rings. The number of sulfonamides is 1. The SMILES string of the molecule is COc1ccccc1CCNS(=O)(=O)c1cn(C)nc1C(C)(C)C. The van der Waals surface area contributed by atoms with Crippen LogP contribution in [0.1, 0.15) is 32.0 Å². The van der Waals surface area contributed by atoms with Gasteiger partial charge in [0.15, 0.2) is 0 Å². The van der Waals surface area contributed by atoms with Gasteiger partial charge in [-0.3, -0.25) is 4.68 Å². The zero-order valence-corrected chi connectivity index (χ0v) is 15.6. The van der Waals surface area contributed by atoms with Gasteiger partial charge >= 0.3 is 0 Å². The lowest BCUT2D eigenvalue weighted by Gasteiger charge is -2.17. The summed E-state index contributed by atoms with van der Waals surface area (Å²) in [6.07, 6.45) is 2.10. The highest BCUT2D eigenvalue weighted by atomic mass is 32.2. The number of aryl methyl sites for hydroxylation is 1. The molecule has 1 N–H and O–H groups in total. The van der Waals surface area contributed by atoms with E-state index >= 15 is 0 Å². The number of para-hydroxylation sites is 1. The summed E-state index contributed by atoms with van der Waals surface area (Å²) in [7, 11) is -0.286. The molecule has 1 aromatic carbocycles. The van der Waals surface area contributed by atoms with Crippen LogP contribution in [0.25, 0.3) is 0 Å². The van der Waals surface area contributed by atoms with E-state index in [4.69, 9.17) is 4.74 Å². The lowest BCUT2D eigenvalue weighted by molar-refractivity contribution is 0.409. The Kier molecular flexibility index (Phi) is 5.35. The Morgan fingerprint density at radius 3 is 2.54 bits per heavy atom. The van der Waals surface area contributed by atoms with Gasteiger partial charge in [-0.25, -0.2) is 13.1 Å². The largest absolute Gasteiger partial charge is 0.496 e. The van der Waals surface area contributed by atoms with E-state index in [1.54, 1.807) is 20.4 Å². The molecule has 132 valence electrons. The summed E-state index contributed by atoms with van der Waals surface area (Å²) in [5.74, 6) is 0.758. The molecule has 2 rings (SSSR count). The number of rotatable bonds is 6. The Labute approximate surface area is 143 Å². The van der Waals surface area contributed by atoms with Crippen molar-refractivity contribution < 1.29 is 13.2 Å². The Morgan fingerprint density at radius 2 is 1.92 bits per heavy atom. The summed E-state index contributed by atoms with van der Waals surface area (Å²) in [4.78, 5) is 0.234. The van der Waals surface area contributed by atoms with Gasteiger partial charge in [-0.05, 0) is 18.1 Å². The number of ether oxygens (including phenoxy) is 1. The molecule has 0 atom stereocenters. The standard InChI is InChI=1S/C17H25N3O3S/c1-17(2,3)16-15(12-20(4)19-16)24(21,22)18-11-10-13-8-6-7-9-14(13)23-5/h6-9,12,18H,10-11H2,1-5H3. The molecule has 0 spiro atoms. The third-order valence-corrected chi connectivity index (χ3v) is 5.14. The van der Waals surface area contributed by atoms with Crippen LogP contribution >= 0.6 is 0 Å². The van der Waals surface area contributed by atoms with Crippen molar-refractivity contribution in [3.05, 3.63) is 41.7 Å². The van der Waals surface area contributed by atoms with Crippen molar-refractivity contribution in [2.45, 2.75) is 37.5 Å². The smallest absolute Gasteiger partial charge is 0.244 e. The second-order valence-corrected chi connectivity index (χ2v) is 8.46. The van der Waals surface area contributed by atoms with Crippen LogP contribution in [0.3, 0.4) is 0 Å². The summed E-state index contributed by atoms with van der Waals surface area (Å²) in [5, 5.41) is 4.32. The minimum absolute atomic E-state index is 0.234. The van der Waals surface area contributed by atoms with Crippen LogP contribution in [-0.4, -0.2) is 31.9 Å². The van der Waals surface area contributed by atoms with Crippen molar-refractivity contribution >= 4 is 10.0 Å². The summed E-state index contributed by atoms with van der Waals surface area (Å²) >= 11 is 0. The number of aromatic nitrogens is 2. The monoisotopic (exact) mass is 351 g/mol. The van der Waals surface area contributed by atoms with E-state index in [9.17, 15) is 8.42 Å². The van der Waals surface area contributed by atoms with Crippen molar-refractivity contribution in [2.75, 3.05) is 13.7 Å². The fraction of sp³-hybridized carbons (Fsp3) is 0.471. The number of nitrogens with zero attached hydrogens (tertiary/aromatic N) is 2. The molecule has 1 heterocycles. The molecule has 0 amide bonds. The predicted octanol–water partition coefficient (Wildman–Crippen LogP) is 2.25.